The Labute approximate surface area is 505 Å². The lowest BCUT2D eigenvalue weighted by Gasteiger charge is -2.39. The molecule has 89 heavy (non-hydrogen) atoms. The van der Waals surface area contributed by atoms with Crippen molar-refractivity contribution in [3.8, 4) is 46.0 Å². The fourth-order valence-electron chi connectivity index (χ4n) is 10.0. The highest BCUT2D eigenvalue weighted by molar-refractivity contribution is 5.99. The molecule has 19 N–H and O–H groups in total. The van der Waals surface area contributed by atoms with E-state index in [1.807, 2.05) is 13.8 Å². The molecule has 30 nitrogen and oxygen atoms in total. The van der Waals surface area contributed by atoms with Crippen molar-refractivity contribution >= 4 is 47.3 Å². The second-order valence-corrected chi connectivity index (χ2v) is 21.6. The predicted octanol–water partition coefficient (Wildman–Crippen LogP) is -1.42. The Morgan fingerprint density at radius 1 is 0.640 bits per heavy atom. The van der Waals surface area contributed by atoms with Crippen LogP contribution in [-0.2, 0) is 43.1 Å². The molecule has 1 saturated heterocycles. The number of amides is 7. The Morgan fingerprint density at radius 2 is 1.18 bits per heavy atom. The number of rotatable bonds is 15. The Bertz CT molecular complexity index is 3420. The summed E-state index contributed by atoms with van der Waals surface area (Å²) < 4.78 is 24.8. The fourth-order valence-corrected chi connectivity index (χ4v) is 10.0. The van der Waals surface area contributed by atoms with Gasteiger partial charge in [0.2, 0.25) is 53.4 Å². The number of carbonyl (C=O) groups is 8. The smallest absolute Gasteiger partial charge is 0.330 e. The van der Waals surface area contributed by atoms with Gasteiger partial charge < -0.3 is 113 Å². The van der Waals surface area contributed by atoms with Crippen molar-refractivity contribution in [2.45, 2.75) is 112 Å². The molecule has 30 heteroatoms. The van der Waals surface area contributed by atoms with E-state index >= 15 is 9.59 Å². The minimum Gasteiger partial charge on any atom is -0.508 e. The van der Waals surface area contributed by atoms with Crippen LogP contribution >= 0.6 is 0 Å². The summed E-state index contributed by atoms with van der Waals surface area (Å²) in [6, 6.07) is 5.96. The summed E-state index contributed by atoms with van der Waals surface area (Å²) in [5, 5.41) is 125. The molecule has 5 aromatic rings. The van der Waals surface area contributed by atoms with Gasteiger partial charge in [0.1, 0.15) is 95.6 Å². The first kappa shape index (κ1) is 65.3. The minimum atomic E-state index is -2.21. The van der Waals surface area contributed by atoms with E-state index < -0.39 is 174 Å². The average molecular weight is 1240 g/mol. The lowest BCUT2D eigenvalue weighted by Crippen LogP contribution is -2.60. The monoisotopic (exact) mass is 1240 g/mol. The van der Waals surface area contributed by atoms with Gasteiger partial charge in [-0.2, -0.15) is 0 Å². The molecule has 0 aromatic heterocycles. The SMILES string of the molecule is CNC(CC(C)C)C(=O)NC1C(=O)NC(CC(N)=O)C(=O)NC2C(=O)NC(c3ccc(O)cc3)C(=O)NC(C(=O)NC(C(=O)O)c3cc(O)cc(O)c3)C(O)c3ccc(cc3)Oc3cc2cc(c3OC2OC(CO)C(O)C(O)C2O)Oc2ccc(cc2)C1O. The summed E-state index contributed by atoms with van der Waals surface area (Å²) in [6.45, 7) is 2.76. The number of aliphatic hydroxyl groups is 6. The second-order valence-electron chi connectivity index (χ2n) is 21.6. The van der Waals surface area contributed by atoms with Crippen molar-refractivity contribution in [2.24, 2.45) is 11.7 Å². The lowest BCUT2D eigenvalue weighted by atomic mass is 9.97. The van der Waals surface area contributed by atoms with Crippen molar-refractivity contribution in [1.29, 1.82) is 0 Å². The van der Waals surface area contributed by atoms with Crippen LogP contribution in [0.25, 0.3) is 0 Å². The van der Waals surface area contributed by atoms with Crippen LogP contribution in [0.2, 0.25) is 0 Å². The summed E-state index contributed by atoms with van der Waals surface area (Å²) in [5.74, 6) is -13.8. The van der Waals surface area contributed by atoms with E-state index in [0.29, 0.717) is 0 Å². The normalized spacial score (nSPS) is 25.4. The van der Waals surface area contributed by atoms with E-state index in [1.165, 1.54) is 55.6 Å². The number of hydrogen-bond acceptors (Lipinski definition) is 22. The van der Waals surface area contributed by atoms with Crippen molar-refractivity contribution in [3.63, 3.8) is 0 Å². The molecule has 5 heterocycles. The van der Waals surface area contributed by atoms with Gasteiger partial charge in [-0.15, -0.1) is 0 Å². The van der Waals surface area contributed by atoms with Gasteiger partial charge in [0.05, 0.1) is 19.1 Å². The molecule has 474 valence electrons. The highest BCUT2D eigenvalue weighted by atomic mass is 16.7. The van der Waals surface area contributed by atoms with Crippen LogP contribution in [-0.4, -0.2) is 167 Å². The zero-order valence-corrected chi connectivity index (χ0v) is 47.5. The largest absolute Gasteiger partial charge is 0.508 e. The van der Waals surface area contributed by atoms with Gasteiger partial charge in [-0.3, -0.25) is 33.6 Å². The molecular formula is C59H66N8O22. The molecule has 0 spiro atoms. The Hall–Kier alpha value is -9.66. The highest BCUT2D eigenvalue weighted by Crippen LogP contribution is 2.46. The van der Waals surface area contributed by atoms with Crippen LogP contribution in [0, 0.1) is 5.92 Å². The number of benzene rings is 5. The molecule has 5 aromatic carbocycles. The molecule has 7 bridgehead atoms. The van der Waals surface area contributed by atoms with Gasteiger partial charge in [0, 0.05) is 6.07 Å². The number of nitrogens with one attached hydrogen (secondary N) is 7. The summed E-state index contributed by atoms with van der Waals surface area (Å²) in [6.07, 6.45) is -14.3. The molecule has 10 rings (SSSR count). The molecule has 0 aliphatic carbocycles. The van der Waals surface area contributed by atoms with Crippen molar-refractivity contribution in [3.05, 3.63) is 131 Å². The van der Waals surface area contributed by atoms with Gasteiger partial charge in [-0.05, 0) is 108 Å². The van der Waals surface area contributed by atoms with Crippen LogP contribution in [0.3, 0.4) is 0 Å². The number of fused-ring (bicyclic) bond motifs is 16. The first-order chi connectivity index (χ1) is 42.2. The Morgan fingerprint density at radius 3 is 1.72 bits per heavy atom. The number of carboxylic acid groups (broad SMARTS) is 1. The fraction of sp³-hybridized carbons (Fsp3) is 0.356. The van der Waals surface area contributed by atoms with E-state index in [0.717, 1.165) is 54.6 Å². The van der Waals surface area contributed by atoms with Gasteiger partial charge in [0.25, 0.3) is 0 Å². The summed E-state index contributed by atoms with van der Waals surface area (Å²) in [5.41, 5.74) is 4.59. The number of carboxylic acids is 1. The van der Waals surface area contributed by atoms with E-state index in [4.69, 9.17) is 24.7 Å². The Balaban J connectivity index is 1.34. The zero-order chi connectivity index (χ0) is 64.7. The van der Waals surface area contributed by atoms with Crippen LogP contribution < -0.4 is 57.2 Å². The number of ether oxygens (including phenoxy) is 4. The molecule has 5 aliphatic heterocycles. The molecule has 0 radical (unpaired) electrons. The highest BCUT2D eigenvalue weighted by Gasteiger charge is 2.46. The number of aromatic hydroxyl groups is 3. The number of hydrogen-bond donors (Lipinski definition) is 18. The van der Waals surface area contributed by atoms with Crippen molar-refractivity contribution in [1.82, 2.24) is 37.2 Å². The van der Waals surface area contributed by atoms with Crippen LogP contribution in [0.4, 0.5) is 0 Å². The van der Waals surface area contributed by atoms with Crippen molar-refractivity contribution in [2.75, 3.05) is 13.7 Å². The summed E-state index contributed by atoms with van der Waals surface area (Å²) in [4.78, 5) is 114. The number of aliphatic hydroxyl groups excluding tert-OH is 6. The third-order valence-electron chi connectivity index (χ3n) is 14.7. The quantitative estimate of drug-likeness (QED) is 0.0572. The first-order valence-electron chi connectivity index (χ1n) is 27.6. The number of likely N-dealkylation sites (N-methyl/N-ethyl adjacent to an activating group) is 1. The lowest BCUT2D eigenvalue weighted by molar-refractivity contribution is -0.277. The van der Waals surface area contributed by atoms with Gasteiger partial charge in [0.15, 0.2) is 17.5 Å². The predicted molar refractivity (Wildman–Crippen MR) is 304 cm³/mol. The number of carbonyl (C=O) groups excluding carboxylic acids is 7. The van der Waals surface area contributed by atoms with Gasteiger partial charge in [-0.1, -0.05) is 50.2 Å². The number of aliphatic carboxylic acids is 1. The molecular weight excluding hydrogens is 1170 g/mol. The maximum absolute atomic E-state index is 15.5. The second kappa shape index (κ2) is 28.0. The van der Waals surface area contributed by atoms with Crippen LogP contribution in [0.1, 0.15) is 84.8 Å². The van der Waals surface area contributed by atoms with E-state index in [9.17, 15) is 79.8 Å². The number of primary amides is 1. The zero-order valence-electron chi connectivity index (χ0n) is 47.5. The summed E-state index contributed by atoms with van der Waals surface area (Å²) >= 11 is 0. The van der Waals surface area contributed by atoms with Crippen LogP contribution in [0.5, 0.6) is 46.0 Å². The standard InChI is InChI=1S/C59H66N8O22/c1-24(2)16-35(61-3)52(78)66-44-46(73)26-6-12-33(13-7-26)86-37-19-29-20-38(51(37)89-59-50(77)49(76)48(75)39(23-68)88-59)87-34-14-8-27(9-15-34)47(74)45(57(83)65-43(58(84)85)28-17-31(70)21-32(71)18-28)67-54(80)41(25-4-10-30(69)11-5-25)64-55(81)42(29)63-53(79)36(22-40(60)72)62-56(44)82/h4-15,17-21,24,35-36,39,41-50,59,61,68-71,73-77H,16,22-23H2,1-3H3,(H2,60,72)(H,62,82)(H,63,79)(H,64,81)(H,65,83)(H,66,78)(H,67,80)(H,84,85). The molecule has 5 aliphatic rings. The number of nitrogens with two attached hydrogens (primary N) is 1. The third-order valence-corrected chi connectivity index (χ3v) is 14.7. The average Bonchev–Trinajstić information content (AvgIpc) is 0.942. The maximum Gasteiger partial charge on any atom is 0.330 e. The molecule has 14 atom stereocenters. The van der Waals surface area contributed by atoms with E-state index in [1.54, 1.807) is 0 Å². The minimum absolute atomic E-state index is 0.0159. The maximum atomic E-state index is 15.5. The molecule has 14 unspecified atom stereocenters. The van der Waals surface area contributed by atoms with Gasteiger partial charge in [-0.25, -0.2) is 4.79 Å². The van der Waals surface area contributed by atoms with E-state index in [2.05, 4.69) is 37.2 Å². The molecule has 1 fully saturated rings. The Kier molecular flexibility index (Phi) is 20.6. The first-order valence-corrected chi connectivity index (χ1v) is 27.6. The summed E-state index contributed by atoms with van der Waals surface area (Å²) in [7, 11) is 1.49. The van der Waals surface area contributed by atoms with Crippen molar-refractivity contribution < 1.29 is 108 Å². The topological polar surface area (TPSA) is 486 Å². The number of phenols is 3. The molecule has 7 amide bonds. The van der Waals surface area contributed by atoms with Gasteiger partial charge >= 0.3 is 5.97 Å². The van der Waals surface area contributed by atoms with Crippen LogP contribution in [0.15, 0.2) is 103 Å². The third kappa shape index (κ3) is 15.4. The number of phenolic OH excluding ortho intramolecular Hbond substituents is 3. The molecule has 0 saturated carbocycles. The van der Waals surface area contributed by atoms with E-state index in [-0.39, 0.29) is 57.4 Å².